The molecule has 0 unspecified atom stereocenters. The van der Waals surface area contributed by atoms with Crippen LogP contribution >= 0.6 is 0 Å². The molecule has 0 radical (unpaired) electrons. The molecule has 10 rings (SSSR count). The summed E-state index contributed by atoms with van der Waals surface area (Å²) in [6.45, 7) is 0. The van der Waals surface area contributed by atoms with E-state index in [0.717, 1.165) is 38.5 Å². The van der Waals surface area contributed by atoms with Crippen molar-refractivity contribution < 1.29 is 8.83 Å². The first-order valence-electron chi connectivity index (χ1n) is 15.0. The second-order valence-electron chi connectivity index (χ2n) is 11.6. The lowest BCUT2D eigenvalue weighted by Gasteiger charge is -2.20. The molecule has 2 nitrogen and oxygen atoms in total. The molecule has 0 aliphatic carbocycles. The van der Waals surface area contributed by atoms with E-state index in [1.54, 1.807) is 6.26 Å². The molecule has 8 aromatic carbocycles. The number of fused-ring (bicyclic) bond motifs is 10. The van der Waals surface area contributed by atoms with Gasteiger partial charge in [0.05, 0.1) is 6.26 Å². The molecule has 0 amide bonds. The van der Waals surface area contributed by atoms with Crippen LogP contribution in [0.15, 0.2) is 155 Å². The quantitative estimate of drug-likeness (QED) is 0.155. The Balaban J connectivity index is 1.41. The highest BCUT2D eigenvalue weighted by molar-refractivity contribution is 6.30. The fraction of sp³-hybridized carbons (Fsp3) is 0. The normalized spacial score (nSPS) is 12.1. The Morgan fingerprint density at radius 2 is 0.909 bits per heavy atom. The molecular formula is C42H24O2. The molecule has 0 fully saturated rings. The van der Waals surface area contributed by atoms with Crippen molar-refractivity contribution in [2.24, 2.45) is 0 Å². The molecule has 0 bridgehead atoms. The predicted molar refractivity (Wildman–Crippen MR) is 184 cm³/mol. The summed E-state index contributed by atoms with van der Waals surface area (Å²) in [5.41, 5.74) is 7.52. The van der Waals surface area contributed by atoms with Gasteiger partial charge < -0.3 is 8.83 Å². The summed E-state index contributed by atoms with van der Waals surface area (Å²) in [6.07, 6.45) is 1.76. The monoisotopic (exact) mass is 560 g/mol. The Labute approximate surface area is 252 Å². The molecule has 44 heavy (non-hydrogen) atoms. The fourth-order valence-electron chi connectivity index (χ4n) is 7.54. The maximum Gasteiger partial charge on any atom is 0.136 e. The first-order valence-corrected chi connectivity index (χ1v) is 15.0. The van der Waals surface area contributed by atoms with Gasteiger partial charge in [-0.1, -0.05) is 109 Å². The SMILES string of the molecule is c1ccc2c(c1)cc(-c1c3ccccc3c(-c3cccc4oc5ccc6occc6c5c34)c3ccccc13)c1ccccc12. The van der Waals surface area contributed by atoms with Gasteiger partial charge in [-0.2, -0.15) is 0 Å². The van der Waals surface area contributed by atoms with Crippen molar-refractivity contribution in [3.05, 3.63) is 146 Å². The van der Waals surface area contributed by atoms with Crippen LogP contribution in [-0.2, 0) is 0 Å². The van der Waals surface area contributed by atoms with Crippen LogP contribution in [-0.4, -0.2) is 0 Å². The molecule has 2 aromatic heterocycles. The zero-order valence-corrected chi connectivity index (χ0v) is 23.7. The number of rotatable bonds is 2. The summed E-state index contributed by atoms with van der Waals surface area (Å²) in [4.78, 5) is 0. The third-order valence-corrected chi connectivity index (χ3v) is 9.33. The highest BCUT2D eigenvalue weighted by atomic mass is 16.3. The highest BCUT2D eigenvalue weighted by Gasteiger charge is 2.22. The minimum Gasteiger partial charge on any atom is -0.464 e. The minimum atomic E-state index is 0.864. The maximum absolute atomic E-state index is 6.46. The highest BCUT2D eigenvalue weighted by Crippen LogP contribution is 2.49. The van der Waals surface area contributed by atoms with E-state index in [1.165, 1.54) is 59.8 Å². The fourth-order valence-corrected chi connectivity index (χ4v) is 7.54. The first kappa shape index (κ1) is 23.7. The lowest BCUT2D eigenvalue weighted by Crippen LogP contribution is -1.92. The van der Waals surface area contributed by atoms with Gasteiger partial charge in [0, 0.05) is 16.2 Å². The average Bonchev–Trinajstić information content (AvgIpc) is 3.72. The number of hydrogen-bond acceptors (Lipinski definition) is 2. The third kappa shape index (κ3) is 3.14. The van der Waals surface area contributed by atoms with Gasteiger partial charge in [0.15, 0.2) is 0 Å². The third-order valence-electron chi connectivity index (χ3n) is 9.33. The summed E-state index contributed by atoms with van der Waals surface area (Å²) >= 11 is 0. The summed E-state index contributed by atoms with van der Waals surface area (Å²) < 4.78 is 12.3. The summed E-state index contributed by atoms with van der Waals surface area (Å²) in [5, 5.41) is 13.3. The van der Waals surface area contributed by atoms with Crippen LogP contribution in [0.3, 0.4) is 0 Å². The molecule has 0 aliphatic rings. The van der Waals surface area contributed by atoms with Crippen LogP contribution in [0.2, 0.25) is 0 Å². The number of hydrogen-bond donors (Lipinski definition) is 0. The smallest absolute Gasteiger partial charge is 0.136 e. The van der Waals surface area contributed by atoms with E-state index in [4.69, 9.17) is 8.83 Å². The van der Waals surface area contributed by atoms with Crippen molar-refractivity contribution in [3.8, 4) is 22.3 Å². The van der Waals surface area contributed by atoms with Gasteiger partial charge in [-0.15, -0.1) is 0 Å². The van der Waals surface area contributed by atoms with E-state index in [0.29, 0.717) is 0 Å². The van der Waals surface area contributed by atoms with Gasteiger partial charge in [0.2, 0.25) is 0 Å². The molecule has 0 aliphatic heterocycles. The molecular weight excluding hydrogens is 536 g/mol. The molecule has 2 heteroatoms. The van der Waals surface area contributed by atoms with Crippen molar-refractivity contribution in [3.63, 3.8) is 0 Å². The van der Waals surface area contributed by atoms with Crippen LogP contribution in [0.25, 0.3) is 98.3 Å². The number of benzene rings is 8. The van der Waals surface area contributed by atoms with Crippen molar-refractivity contribution in [2.75, 3.05) is 0 Å². The average molecular weight is 561 g/mol. The summed E-state index contributed by atoms with van der Waals surface area (Å²) in [6, 6.07) is 50.2. The van der Waals surface area contributed by atoms with Crippen molar-refractivity contribution >= 4 is 76.0 Å². The topological polar surface area (TPSA) is 26.3 Å². The second kappa shape index (κ2) is 8.82. The molecule has 0 saturated heterocycles. The zero-order valence-electron chi connectivity index (χ0n) is 23.7. The minimum absolute atomic E-state index is 0.864. The standard InChI is InChI=1S/C42H24O2/c1-2-11-26-25(10-1)24-35(28-13-4-3-12-27(26)28)40-31-16-7-5-14-29(31)39(30-15-6-8-17-32(30)40)34-18-9-19-37-42(34)41-33-22-23-43-36(33)20-21-38(41)44-37/h1-24H. The molecule has 0 saturated carbocycles. The van der Waals surface area contributed by atoms with Crippen molar-refractivity contribution in [1.82, 2.24) is 0 Å². The molecule has 10 aromatic rings. The molecule has 0 atom stereocenters. The van der Waals surface area contributed by atoms with Gasteiger partial charge in [0.25, 0.3) is 0 Å². The van der Waals surface area contributed by atoms with Crippen LogP contribution in [0.5, 0.6) is 0 Å². The predicted octanol–water partition coefficient (Wildman–Crippen LogP) is 12.3. The van der Waals surface area contributed by atoms with Crippen molar-refractivity contribution in [1.29, 1.82) is 0 Å². The van der Waals surface area contributed by atoms with Crippen molar-refractivity contribution in [2.45, 2.75) is 0 Å². The first-order chi connectivity index (χ1) is 21.8. The zero-order chi connectivity index (χ0) is 28.8. The van der Waals surface area contributed by atoms with E-state index in [1.807, 2.05) is 18.2 Å². The Kier molecular flexibility index (Phi) is 4.75. The summed E-state index contributed by atoms with van der Waals surface area (Å²) in [5.74, 6) is 0. The Morgan fingerprint density at radius 3 is 1.64 bits per heavy atom. The van der Waals surface area contributed by atoms with Gasteiger partial charge in [-0.3, -0.25) is 0 Å². The van der Waals surface area contributed by atoms with E-state index >= 15 is 0 Å². The van der Waals surface area contributed by atoms with E-state index in [-0.39, 0.29) is 0 Å². The summed E-state index contributed by atoms with van der Waals surface area (Å²) in [7, 11) is 0. The van der Waals surface area contributed by atoms with Gasteiger partial charge in [-0.25, -0.2) is 0 Å². The Morgan fingerprint density at radius 1 is 0.341 bits per heavy atom. The van der Waals surface area contributed by atoms with Gasteiger partial charge >= 0.3 is 0 Å². The van der Waals surface area contributed by atoms with Crippen LogP contribution in [0.1, 0.15) is 0 Å². The molecule has 204 valence electrons. The van der Waals surface area contributed by atoms with E-state index in [2.05, 4.69) is 121 Å². The van der Waals surface area contributed by atoms with Gasteiger partial charge in [0.1, 0.15) is 16.7 Å². The second-order valence-corrected chi connectivity index (χ2v) is 11.6. The Bertz CT molecular complexity index is 2720. The lowest BCUT2D eigenvalue weighted by molar-refractivity contribution is 0.615. The van der Waals surface area contributed by atoms with Crippen LogP contribution in [0, 0.1) is 0 Å². The lowest BCUT2D eigenvalue weighted by atomic mass is 9.83. The molecule has 0 N–H and O–H groups in total. The van der Waals surface area contributed by atoms with E-state index < -0.39 is 0 Å². The molecule has 0 spiro atoms. The largest absolute Gasteiger partial charge is 0.464 e. The van der Waals surface area contributed by atoms with Crippen LogP contribution in [0.4, 0.5) is 0 Å². The van der Waals surface area contributed by atoms with E-state index in [9.17, 15) is 0 Å². The molecule has 2 heterocycles. The van der Waals surface area contributed by atoms with Gasteiger partial charge in [-0.05, 0) is 95.7 Å². The van der Waals surface area contributed by atoms with Crippen LogP contribution < -0.4 is 0 Å². The number of furan rings is 2. The Hall–Kier alpha value is -5.86. The maximum atomic E-state index is 6.46.